The molecule has 0 amide bonds. The first kappa shape index (κ1) is 17.1. The van der Waals surface area contributed by atoms with Gasteiger partial charge in [-0.3, -0.25) is 5.10 Å². The minimum absolute atomic E-state index is 0.165. The third-order valence-corrected chi connectivity index (χ3v) is 4.99. The molecule has 0 radical (unpaired) electrons. The van der Waals surface area contributed by atoms with Crippen molar-refractivity contribution in [1.29, 1.82) is 0 Å². The van der Waals surface area contributed by atoms with Crippen LogP contribution in [0.15, 0.2) is 5.03 Å². The van der Waals surface area contributed by atoms with Gasteiger partial charge < -0.3 is 5.32 Å². The summed E-state index contributed by atoms with van der Waals surface area (Å²) in [5.74, 6) is 0. The maximum Gasteiger partial charge on any atom is 0.262 e. The Kier molecular flexibility index (Phi) is 6.64. The van der Waals surface area contributed by atoms with Crippen LogP contribution in [0.25, 0.3) is 0 Å². The van der Waals surface area contributed by atoms with Crippen molar-refractivity contribution in [3.63, 3.8) is 0 Å². The molecule has 2 N–H and O–H groups in total. The smallest absolute Gasteiger partial charge is 0.262 e. The number of H-pyrrole nitrogens is 1. The lowest BCUT2D eigenvalue weighted by molar-refractivity contribution is 0.407. The first-order valence-electron chi connectivity index (χ1n) is 7.23. The van der Waals surface area contributed by atoms with Gasteiger partial charge in [-0.25, -0.2) is 8.42 Å². The lowest BCUT2D eigenvalue weighted by Crippen LogP contribution is -2.33. The highest BCUT2D eigenvalue weighted by Gasteiger charge is 2.29. The van der Waals surface area contributed by atoms with Crippen LogP contribution in [-0.2, 0) is 16.6 Å². The molecule has 0 aliphatic heterocycles. The highest BCUT2D eigenvalue weighted by atomic mass is 32.2. The average molecular weight is 302 g/mol. The molecule has 1 aromatic rings. The summed E-state index contributed by atoms with van der Waals surface area (Å²) in [6.07, 6.45) is 1.59. The molecule has 0 saturated heterocycles. The molecular formula is C13H26N4O2S. The van der Waals surface area contributed by atoms with Crippen molar-refractivity contribution in [1.82, 2.24) is 19.8 Å². The highest BCUT2D eigenvalue weighted by Crippen LogP contribution is 2.21. The van der Waals surface area contributed by atoms with Gasteiger partial charge in [-0.2, -0.15) is 9.40 Å². The second kappa shape index (κ2) is 7.75. The van der Waals surface area contributed by atoms with E-state index in [0.29, 0.717) is 19.6 Å². The van der Waals surface area contributed by atoms with Crippen molar-refractivity contribution in [3.05, 3.63) is 11.3 Å². The summed E-state index contributed by atoms with van der Waals surface area (Å²) in [7, 11) is -3.51. The molecule has 7 heteroatoms. The molecule has 0 aromatic carbocycles. The number of nitrogens with one attached hydrogen (secondary N) is 2. The fourth-order valence-corrected chi connectivity index (χ4v) is 3.86. The van der Waals surface area contributed by atoms with E-state index in [9.17, 15) is 8.42 Å². The Morgan fingerprint density at radius 3 is 2.30 bits per heavy atom. The van der Waals surface area contributed by atoms with E-state index in [1.54, 1.807) is 0 Å². The average Bonchev–Trinajstić information content (AvgIpc) is 2.78. The van der Waals surface area contributed by atoms with Crippen LogP contribution in [0.5, 0.6) is 0 Å². The van der Waals surface area contributed by atoms with E-state index in [0.717, 1.165) is 30.6 Å². The molecule has 0 spiro atoms. The van der Waals surface area contributed by atoms with Crippen LogP contribution in [0.4, 0.5) is 0 Å². The molecule has 1 heterocycles. The maximum atomic E-state index is 12.7. The minimum Gasteiger partial charge on any atom is -0.313 e. The van der Waals surface area contributed by atoms with Gasteiger partial charge in [-0.15, -0.1) is 0 Å². The predicted molar refractivity (Wildman–Crippen MR) is 80.0 cm³/mol. The molecule has 0 fully saturated rings. The number of aromatic amines is 1. The molecule has 6 nitrogen and oxygen atoms in total. The second-order valence-corrected chi connectivity index (χ2v) is 6.67. The number of hydrogen-bond donors (Lipinski definition) is 2. The molecule has 0 bridgehead atoms. The molecule has 20 heavy (non-hydrogen) atoms. The monoisotopic (exact) mass is 302 g/mol. The number of aromatic nitrogens is 2. The molecule has 1 aromatic heterocycles. The topological polar surface area (TPSA) is 78.1 Å². The summed E-state index contributed by atoms with van der Waals surface area (Å²) >= 11 is 0. The van der Waals surface area contributed by atoms with Crippen molar-refractivity contribution in [2.75, 3.05) is 19.6 Å². The van der Waals surface area contributed by atoms with Crippen LogP contribution in [-0.4, -0.2) is 42.6 Å². The summed E-state index contributed by atoms with van der Waals surface area (Å²) in [6.45, 7) is 10.2. The lowest BCUT2D eigenvalue weighted by Gasteiger charge is -2.20. The van der Waals surface area contributed by atoms with Gasteiger partial charge in [0.15, 0.2) is 5.03 Å². The van der Waals surface area contributed by atoms with Gasteiger partial charge in [0.2, 0.25) is 0 Å². The van der Waals surface area contributed by atoms with Crippen LogP contribution >= 0.6 is 0 Å². The third-order valence-electron chi connectivity index (χ3n) is 3.12. The molecule has 0 aliphatic rings. The number of nitrogens with zero attached hydrogens (tertiary/aromatic N) is 2. The van der Waals surface area contributed by atoms with Crippen molar-refractivity contribution in [2.45, 2.75) is 52.1 Å². The van der Waals surface area contributed by atoms with Gasteiger partial charge in [0, 0.05) is 30.9 Å². The predicted octanol–water partition coefficient (Wildman–Crippen LogP) is 1.64. The Bertz CT molecular complexity index is 504. The summed E-state index contributed by atoms with van der Waals surface area (Å²) < 4.78 is 27.0. The number of aryl methyl sites for hydroxylation is 1. The minimum atomic E-state index is -3.51. The fraction of sp³-hybridized carbons (Fsp3) is 0.769. The Labute approximate surface area is 122 Å². The van der Waals surface area contributed by atoms with E-state index in [1.807, 2.05) is 27.7 Å². The standard InChI is InChI=1S/C13H26N4O2S/c1-5-8-17(9-6-2)20(18,19)13-12(10-14-7-3)11(4)15-16-13/h14H,5-10H2,1-4H3,(H,15,16). The van der Waals surface area contributed by atoms with Crippen LogP contribution in [0.1, 0.15) is 44.9 Å². The van der Waals surface area contributed by atoms with E-state index in [4.69, 9.17) is 0 Å². The summed E-state index contributed by atoms with van der Waals surface area (Å²) in [4.78, 5) is 0. The Morgan fingerprint density at radius 2 is 1.80 bits per heavy atom. The Morgan fingerprint density at radius 1 is 1.20 bits per heavy atom. The van der Waals surface area contributed by atoms with Crippen LogP contribution < -0.4 is 5.32 Å². The number of sulfonamides is 1. The number of hydrogen-bond acceptors (Lipinski definition) is 4. The van der Waals surface area contributed by atoms with Gasteiger partial charge in [0.1, 0.15) is 0 Å². The zero-order chi connectivity index (χ0) is 15.2. The van der Waals surface area contributed by atoms with E-state index in [-0.39, 0.29) is 5.03 Å². The van der Waals surface area contributed by atoms with E-state index >= 15 is 0 Å². The Hall–Kier alpha value is -0.920. The van der Waals surface area contributed by atoms with Gasteiger partial charge in [0.05, 0.1) is 0 Å². The SMILES string of the molecule is CCCN(CCC)S(=O)(=O)c1n[nH]c(C)c1CNCC. The van der Waals surface area contributed by atoms with Crippen LogP contribution in [0.2, 0.25) is 0 Å². The fourth-order valence-electron chi connectivity index (χ4n) is 2.07. The quantitative estimate of drug-likeness (QED) is 0.727. The maximum absolute atomic E-state index is 12.7. The summed E-state index contributed by atoms with van der Waals surface area (Å²) in [5.41, 5.74) is 1.54. The van der Waals surface area contributed by atoms with Gasteiger partial charge in [-0.1, -0.05) is 20.8 Å². The molecule has 0 aliphatic carbocycles. The first-order chi connectivity index (χ1) is 9.48. The van der Waals surface area contributed by atoms with E-state index < -0.39 is 10.0 Å². The summed E-state index contributed by atoms with van der Waals surface area (Å²) in [5, 5.41) is 10.2. The van der Waals surface area contributed by atoms with Crippen LogP contribution in [0, 0.1) is 6.92 Å². The largest absolute Gasteiger partial charge is 0.313 e. The third kappa shape index (κ3) is 3.80. The van der Waals surface area contributed by atoms with E-state index in [1.165, 1.54) is 4.31 Å². The zero-order valence-corrected chi connectivity index (χ0v) is 13.7. The summed E-state index contributed by atoms with van der Waals surface area (Å²) in [6, 6.07) is 0. The molecule has 0 saturated carbocycles. The first-order valence-corrected chi connectivity index (χ1v) is 8.67. The van der Waals surface area contributed by atoms with Gasteiger partial charge >= 0.3 is 0 Å². The normalized spacial score (nSPS) is 12.2. The van der Waals surface area contributed by atoms with Gasteiger partial charge in [-0.05, 0) is 26.3 Å². The van der Waals surface area contributed by atoms with Crippen LogP contribution in [0.3, 0.4) is 0 Å². The van der Waals surface area contributed by atoms with Crippen molar-refractivity contribution in [3.8, 4) is 0 Å². The highest BCUT2D eigenvalue weighted by molar-refractivity contribution is 7.89. The lowest BCUT2D eigenvalue weighted by atomic mass is 10.2. The van der Waals surface area contributed by atoms with Crippen molar-refractivity contribution in [2.24, 2.45) is 0 Å². The molecule has 116 valence electrons. The molecular weight excluding hydrogens is 276 g/mol. The molecule has 0 unspecified atom stereocenters. The second-order valence-electron chi connectivity index (χ2n) is 4.82. The van der Waals surface area contributed by atoms with Crippen molar-refractivity contribution < 1.29 is 8.42 Å². The van der Waals surface area contributed by atoms with Gasteiger partial charge in [0.25, 0.3) is 10.0 Å². The Balaban J connectivity index is 3.13. The number of rotatable bonds is 9. The molecule has 0 atom stereocenters. The zero-order valence-electron chi connectivity index (χ0n) is 12.9. The van der Waals surface area contributed by atoms with Crippen molar-refractivity contribution >= 4 is 10.0 Å². The van der Waals surface area contributed by atoms with E-state index in [2.05, 4.69) is 15.5 Å². The molecule has 1 rings (SSSR count).